The molecule has 2 aromatic rings. The number of aryl methyl sites for hydroxylation is 1. The third-order valence-corrected chi connectivity index (χ3v) is 4.40. The van der Waals surface area contributed by atoms with Crippen LogP contribution in [0.25, 0.3) is 0 Å². The summed E-state index contributed by atoms with van der Waals surface area (Å²) in [5, 5.41) is 10.8. The Kier molecular flexibility index (Phi) is 4.09. The molecule has 0 aliphatic rings. The maximum Gasteiger partial charge on any atom is 0.127 e. The highest BCUT2D eigenvalue weighted by atomic mass is 32.1. The van der Waals surface area contributed by atoms with Crippen LogP contribution in [-0.4, -0.2) is 16.7 Å². The predicted molar refractivity (Wildman–Crippen MR) is 75.9 cm³/mol. The van der Waals surface area contributed by atoms with Crippen LogP contribution in [-0.2, 0) is 11.8 Å². The van der Waals surface area contributed by atoms with Crippen LogP contribution in [0, 0.1) is 0 Å². The number of rotatable bonds is 5. The molecule has 1 aromatic carbocycles. The molecule has 0 spiro atoms. The van der Waals surface area contributed by atoms with E-state index >= 15 is 0 Å². The van der Waals surface area contributed by atoms with Gasteiger partial charge in [-0.15, -0.1) is 21.5 Å². The maximum atomic E-state index is 5.52. The number of benzene rings is 1. The minimum Gasteiger partial charge on any atom is -0.330 e. The Morgan fingerprint density at radius 2 is 1.89 bits per heavy atom. The maximum absolute atomic E-state index is 5.52. The van der Waals surface area contributed by atoms with E-state index in [0.29, 0.717) is 6.54 Å². The van der Waals surface area contributed by atoms with E-state index in [1.165, 1.54) is 5.56 Å². The van der Waals surface area contributed by atoms with Crippen molar-refractivity contribution in [3.63, 3.8) is 0 Å². The van der Waals surface area contributed by atoms with Crippen molar-refractivity contribution in [3.05, 3.63) is 45.9 Å². The lowest BCUT2D eigenvalue weighted by Gasteiger charge is -2.21. The highest BCUT2D eigenvalue weighted by Gasteiger charge is 2.27. The molecular formula is C14H19N3S. The van der Waals surface area contributed by atoms with Gasteiger partial charge in [-0.25, -0.2) is 0 Å². The molecule has 0 amide bonds. The molecular weight excluding hydrogens is 242 g/mol. The Bertz CT molecular complexity index is 491. The lowest BCUT2D eigenvalue weighted by molar-refractivity contribution is 0.625. The van der Waals surface area contributed by atoms with Crippen molar-refractivity contribution >= 4 is 11.3 Å². The first kappa shape index (κ1) is 13.2. The first-order valence-electron chi connectivity index (χ1n) is 6.23. The van der Waals surface area contributed by atoms with Crippen LogP contribution >= 0.6 is 11.3 Å². The van der Waals surface area contributed by atoms with Gasteiger partial charge in [0.25, 0.3) is 0 Å². The third-order valence-electron chi connectivity index (χ3n) is 3.09. The number of aromatic nitrogens is 2. The molecule has 18 heavy (non-hydrogen) atoms. The zero-order valence-corrected chi connectivity index (χ0v) is 11.7. The zero-order valence-electron chi connectivity index (χ0n) is 10.9. The van der Waals surface area contributed by atoms with E-state index in [4.69, 9.17) is 5.73 Å². The number of hydrogen-bond donors (Lipinski definition) is 1. The Morgan fingerprint density at radius 3 is 2.56 bits per heavy atom. The lowest BCUT2D eigenvalue weighted by atomic mass is 9.85. The monoisotopic (exact) mass is 261 g/mol. The molecule has 2 N–H and O–H groups in total. The van der Waals surface area contributed by atoms with Crippen molar-refractivity contribution in [1.82, 2.24) is 10.2 Å². The molecule has 0 bridgehead atoms. The first-order valence-corrected chi connectivity index (χ1v) is 7.04. The lowest BCUT2D eigenvalue weighted by Crippen LogP contribution is -2.18. The van der Waals surface area contributed by atoms with E-state index in [9.17, 15) is 0 Å². The van der Waals surface area contributed by atoms with E-state index in [1.54, 1.807) is 11.3 Å². The largest absolute Gasteiger partial charge is 0.330 e. The Balaban J connectivity index is 2.22. The SMILES string of the molecule is CC(C)(c1ccccc1)c1nnc(CCCN)s1. The number of nitrogens with zero attached hydrogens (tertiary/aromatic N) is 2. The van der Waals surface area contributed by atoms with Gasteiger partial charge >= 0.3 is 0 Å². The van der Waals surface area contributed by atoms with E-state index in [2.05, 4.69) is 48.3 Å². The summed E-state index contributed by atoms with van der Waals surface area (Å²) < 4.78 is 0. The average Bonchev–Trinajstić information content (AvgIpc) is 2.87. The predicted octanol–water partition coefficient (Wildman–Crippen LogP) is 2.76. The second kappa shape index (κ2) is 5.59. The van der Waals surface area contributed by atoms with E-state index < -0.39 is 0 Å². The molecule has 3 nitrogen and oxygen atoms in total. The van der Waals surface area contributed by atoms with Crippen LogP contribution in [0.2, 0.25) is 0 Å². The molecule has 96 valence electrons. The molecule has 0 atom stereocenters. The minimum atomic E-state index is -0.0834. The van der Waals surface area contributed by atoms with Crippen LogP contribution in [0.15, 0.2) is 30.3 Å². The van der Waals surface area contributed by atoms with E-state index in [-0.39, 0.29) is 5.41 Å². The standard InChI is InChI=1S/C14H19N3S/c1-14(2,11-7-4-3-5-8-11)13-17-16-12(18-13)9-6-10-15/h3-5,7-8H,6,9-10,15H2,1-2H3. The van der Waals surface area contributed by atoms with Crippen molar-refractivity contribution in [3.8, 4) is 0 Å². The van der Waals surface area contributed by atoms with Gasteiger partial charge in [-0.3, -0.25) is 0 Å². The van der Waals surface area contributed by atoms with Crippen molar-refractivity contribution in [2.45, 2.75) is 32.1 Å². The molecule has 4 heteroatoms. The summed E-state index contributed by atoms with van der Waals surface area (Å²) in [4.78, 5) is 0. The van der Waals surface area contributed by atoms with Crippen LogP contribution in [0.3, 0.4) is 0 Å². The summed E-state index contributed by atoms with van der Waals surface area (Å²) in [5.74, 6) is 0. The Morgan fingerprint density at radius 1 is 1.17 bits per heavy atom. The molecule has 0 aliphatic heterocycles. The van der Waals surface area contributed by atoms with Gasteiger partial charge in [-0.2, -0.15) is 0 Å². The van der Waals surface area contributed by atoms with E-state index in [0.717, 1.165) is 22.9 Å². The van der Waals surface area contributed by atoms with Crippen LogP contribution in [0.1, 0.15) is 35.8 Å². The Labute approximate surface area is 112 Å². The summed E-state index contributed by atoms with van der Waals surface area (Å²) in [5.41, 5.74) is 6.70. The summed E-state index contributed by atoms with van der Waals surface area (Å²) in [6.45, 7) is 5.09. The summed E-state index contributed by atoms with van der Waals surface area (Å²) in [6.07, 6.45) is 1.90. The van der Waals surface area contributed by atoms with Gasteiger partial charge < -0.3 is 5.73 Å². The highest BCUT2D eigenvalue weighted by molar-refractivity contribution is 7.11. The molecule has 0 fully saturated rings. The van der Waals surface area contributed by atoms with Gasteiger partial charge in [0.1, 0.15) is 10.0 Å². The van der Waals surface area contributed by atoms with Gasteiger partial charge in [0.05, 0.1) is 0 Å². The quantitative estimate of drug-likeness (QED) is 0.900. The van der Waals surface area contributed by atoms with Crippen molar-refractivity contribution < 1.29 is 0 Å². The van der Waals surface area contributed by atoms with Crippen LogP contribution in [0.4, 0.5) is 0 Å². The molecule has 0 radical (unpaired) electrons. The van der Waals surface area contributed by atoms with Gasteiger partial charge in [-0.1, -0.05) is 30.3 Å². The molecule has 0 saturated carbocycles. The van der Waals surface area contributed by atoms with Crippen molar-refractivity contribution in [1.29, 1.82) is 0 Å². The second-order valence-electron chi connectivity index (χ2n) is 4.88. The smallest absolute Gasteiger partial charge is 0.127 e. The molecule has 0 aliphatic carbocycles. The summed E-state index contributed by atoms with van der Waals surface area (Å²) in [6, 6.07) is 10.4. The van der Waals surface area contributed by atoms with E-state index in [1.807, 2.05) is 6.07 Å². The average molecular weight is 261 g/mol. The van der Waals surface area contributed by atoms with Gasteiger partial charge in [-0.05, 0) is 32.4 Å². The molecule has 0 unspecified atom stereocenters. The fraction of sp³-hybridized carbons (Fsp3) is 0.429. The first-order chi connectivity index (χ1) is 8.64. The molecule has 2 rings (SSSR count). The third kappa shape index (κ3) is 2.76. The van der Waals surface area contributed by atoms with Crippen molar-refractivity contribution in [2.75, 3.05) is 6.54 Å². The molecule has 0 saturated heterocycles. The normalized spacial score (nSPS) is 11.7. The number of hydrogen-bond acceptors (Lipinski definition) is 4. The molecule has 1 heterocycles. The summed E-state index contributed by atoms with van der Waals surface area (Å²) >= 11 is 1.70. The molecule has 1 aromatic heterocycles. The fourth-order valence-corrected chi connectivity index (χ4v) is 2.84. The zero-order chi connectivity index (χ0) is 13.0. The van der Waals surface area contributed by atoms with Crippen LogP contribution < -0.4 is 5.73 Å². The topological polar surface area (TPSA) is 51.8 Å². The van der Waals surface area contributed by atoms with Crippen molar-refractivity contribution in [2.24, 2.45) is 5.73 Å². The number of nitrogens with two attached hydrogens (primary N) is 1. The highest BCUT2D eigenvalue weighted by Crippen LogP contribution is 2.33. The van der Waals surface area contributed by atoms with Gasteiger partial charge in [0.2, 0.25) is 0 Å². The van der Waals surface area contributed by atoms with Gasteiger partial charge in [0, 0.05) is 11.8 Å². The van der Waals surface area contributed by atoms with Crippen LogP contribution in [0.5, 0.6) is 0 Å². The Hall–Kier alpha value is -1.26. The minimum absolute atomic E-state index is 0.0834. The second-order valence-corrected chi connectivity index (χ2v) is 5.95. The fourth-order valence-electron chi connectivity index (χ4n) is 1.84. The summed E-state index contributed by atoms with van der Waals surface area (Å²) in [7, 11) is 0. The van der Waals surface area contributed by atoms with Gasteiger partial charge in [0.15, 0.2) is 0 Å².